The first-order chi connectivity index (χ1) is 12.1. The predicted molar refractivity (Wildman–Crippen MR) is 85.6 cm³/mol. The Labute approximate surface area is 151 Å². The van der Waals surface area contributed by atoms with Crippen molar-refractivity contribution in [3.63, 3.8) is 0 Å². The number of carboxylic acid groups (broad SMARTS) is 1. The number of hydrogen-bond acceptors (Lipinski definition) is 4. The zero-order chi connectivity index (χ0) is 19.5. The van der Waals surface area contributed by atoms with Crippen LogP contribution in [0.5, 0.6) is 0 Å². The van der Waals surface area contributed by atoms with Crippen LogP contribution in [0.15, 0.2) is 30.3 Å². The van der Waals surface area contributed by atoms with E-state index in [2.05, 4.69) is 9.97 Å². The molecule has 0 unspecified atom stereocenters. The molecule has 0 fully saturated rings. The molecule has 0 radical (unpaired) electrons. The zero-order valence-corrected chi connectivity index (χ0v) is 14.2. The molecule has 26 heavy (non-hydrogen) atoms. The first-order valence-electron chi connectivity index (χ1n) is 7.24. The average molecular weight is 388 g/mol. The number of alkyl halides is 3. The summed E-state index contributed by atoms with van der Waals surface area (Å²) >= 11 is 5.77. The topological polar surface area (TPSA) is 83.4 Å². The summed E-state index contributed by atoms with van der Waals surface area (Å²) in [6.07, 6.45) is -4.82. The Morgan fingerprint density at radius 2 is 1.81 bits per heavy atom. The summed E-state index contributed by atoms with van der Waals surface area (Å²) in [6.45, 7) is 0.451. The van der Waals surface area contributed by atoms with E-state index >= 15 is 0 Å². The minimum absolute atomic E-state index is 0.0579. The lowest BCUT2D eigenvalue weighted by Crippen LogP contribution is -2.36. The van der Waals surface area contributed by atoms with Crippen molar-refractivity contribution in [2.75, 3.05) is 6.54 Å². The van der Waals surface area contributed by atoms with E-state index in [1.807, 2.05) is 0 Å². The van der Waals surface area contributed by atoms with Gasteiger partial charge in [-0.15, -0.1) is 0 Å². The maximum absolute atomic E-state index is 12.9. The number of carbonyl (C=O) groups is 2. The van der Waals surface area contributed by atoms with Crippen molar-refractivity contribution in [2.45, 2.75) is 19.6 Å². The summed E-state index contributed by atoms with van der Waals surface area (Å²) in [5.41, 5.74) is -0.0247. The number of aromatic nitrogens is 2. The van der Waals surface area contributed by atoms with Crippen molar-refractivity contribution in [1.29, 1.82) is 0 Å². The quantitative estimate of drug-likeness (QED) is 0.851. The van der Waals surface area contributed by atoms with Crippen LogP contribution in [0.2, 0.25) is 5.02 Å². The van der Waals surface area contributed by atoms with Gasteiger partial charge in [0.2, 0.25) is 5.82 Å². The van der Waals surface area contributed by atoms with Gasteiger partial charge in [-0.1, -0.05) is 23.7 Å². The van der Waals surface area contributed by atoms with Crippen LogP contribution in [0.3, 0.4) is 0 Å². The van der Waals surface area contributed by atoms with Gasteiger partial charge in [-0.3, -0.25) is 9.59 Å². The van der Waals surface area contributed by atoms with Crippen LogP contribution in [-0.2, 0) is 17.5 Å². The molecule has 0 saturated heterocycles. The maximum Gasteiger partial charge on any atom is 0.451 e. The van der Waals surface area contributed by atoms with Gasteiger partial charge in [-0.25, -0.2) is 9.97 Å². The van der Waals surface area contributed by atoms with E-state index in [-0.39, 0.29) is 12.2 Å². The molecule has 0 aliphatic heterocycles. The van der Waals surface area contributed by atoms with Crippen LogP contribution in [0.25, 0.3) is 0 Å². The molecule has 0 saturated carbocycles. The highest BCUT2D eigenvalue weighted by molar-refractivity contribution is 6.30. The fraction of sp³-hybridized carbons (Fsp3) is 0.250. The first-order valence-corrected chi connectivity index (χ1v) is 7.62. The zero-order valence-electron chi connectivity index (χ0n) is 13.4. The summed E-state index contributed by atoms with van der Waals surface area (Å²) < 4.78 is 38.6. The summed E-state index contributed by atoms with van der Waals surface area (Å²) in [4.78, 5) is 31.0. The van der Waals surface area contributed by atoms with Crippen molar-refractivity contribution in [3.8, 4) is 0 Å². The molecule has 0 aliphatic rings. The molecule has 10 heteroatoms. The largest absolute Gasteiger partial charge is 0.480 e. The van der Waals surface area contributed by atoms with Gasteiger partial charge in [0.15, 0.2) is 0 Å². The van der Waals surface area contributed by atoms with E-state index in [0.717, 1.165) is 11.0 Å². The normalized spacial score (nSPS) is 11.3. The minimum atomic E-state index is -4.82. The monoisotopic (exact) mass is 387 g/mol. The SMILES string of the molecule is Cc1cc(C(=O)N(CC(=O)O)Cc2ccc(Cl)cc2)nc(C(F)(F)F)n1. The molecule has 1 amide bonds. The smallest absolute Gasteiger partial charge is 0.451 e. The molecule has 1 N–H and O–H groups in total. The van der Waals surface area contributed by atoms with E-state index in [1.54, 1.807) is 24.3 Å². The third kappa shape index (κ3) is 5.16. The lowest BCUT2D eigenvalue weighted by Gasteiger charge is -2.21. The molecule has 2 aromatic rings. The summed E-state index contributed by atoms with van der Waals surface area (Å²) in [7, 11) is 0. The third-order valence-electron chi connectivity index (χ3n) is 3.23. The van der Waals surface area contributed by atoms with Gasteiger partial charge in [0.1, 0.15) is 12.2 Å². The molecule has 6 nitrogen and oxygen atoms in total. The number of nitrogens with zero attached hydrogens (tertiary/aromatic N) is 3. The number of carboxylic acids is 1. The first kappa shape index (κ1) is 19.6. The minimum Gasteiger partial charge on any atom is -0.480 e. The molecule has 0 bridgehead atoms. The Kier molecular flexibility index (Phi) is 5.81. The second kappa shape index (κ2) is 7.69. The number of carbonyl (C=O) groups excluding carboxylic acids is 1. The second-order valence-corrected chi connectivity index (χ2v) is 5.83. The lowest BCUT2D eigenvalue weighted by molar-refractivity contribution is -0.145. The van der Waals surface area contributed by atoms with Gasteiger partial charge < -0.3 is 10.0 Å². The van der Waals surface area contributed by atoms with Crippen LogP contribution in [0.4, 0.5) is 13.2 Å². The molecule has 0 aliphatic carbocycles. The van der Waals surface area contributed by atoms with Gasteiger partial charge in [-0.05, 0) is 30.7 Å². The van der Waals surface area contributed by atoms with Crippen molar-refractivity contribution < 1.29 is 27.9 Å². The molecule has 1 heterocycles. The Bertz CT molecular complexity index is 826. The van der Waals surface area contributed by atoms with Crippen LogP contribution in [0.1, 0.15) is 27.6 Å². The van der Waals surface area contributed by atoms with Crippen molar-refractivity contribution in [2.24, 2.45) is 0 Å². The molecule has 0 atom stereocenters. The van der Waals surface area contributed by atoms with E-state index in [1.165, 1.54) is 6.92 Å². The van der Waals surface area contributed by atoms with E-state index in [0.29, 0.717) is 10.6 Å². The van der Waals surface area contributed by atoms with Gasteiger partial charge in [0, 0.05) is 17.3 Å². The van der Waals surface area contributed by atoms with E-state index in [9.17, 15) is 22.8 Å². The highest BCUT2D eigenvalue weighted by Gasteiger charge is 2.36. The highest BCUT2D eigenvalue weighted by atomic mass is 35.5. The Hall–Kier alpha value is -2.68. The number of rotatable bonds is 5. The van der Waals surface area contributed by atoms with E-state index < -0.39 is 36.1 Å². The fourth-order valence-electron chi connectivity index (χ4n) is 2.14. The maximum atomic E-state index is 12.9. The lowest BCUT2D eigenvalue weighted by atomic mass is 10.2. The Morgan fingerprint density at radius 3 is 2.35 bits per heavy atom. The van der Waals surface area contributed by atoms with Gasteiger partial charge in [0.25, 0.3) is 5.91 Å². The van der Waals surface area contributed by atoms with Crippen LogP contribution < -0.4 is 0 Å². The predicted octanol–water partition coefficient (Wildman–Crippen LogP) is 3.18. The second-order valence-electron chi connectivity index (χ2n) is 5.40. The number of hydrogen-bond donors (Lipinski definition) is 1. The van der Waals surface area contributed by atoms with Crippen LogP contribution in [-0.4, -0.2) is 38.4 Å². The number of halogens is 4. The molecule has 2 rings (SSSR count). The molecule has 0 spiro atoms. The average Bonchev–Trinajstić information content (AvgIpc) is 2.54. The highest BCUT2D eigenvalue weighted by Crippen LogP contribution is 2.26. The number of aliphatic carboxylic acids is 1. The standard InChI is InChI=1S/C16H13ClF3N3O3/c1-9-6-12(22-15(21-9)16(18,19)20)14(26)23(8-13(24)25)7-10-2-4-11(17)5-3-10/h2-6H,7-8H2,1H3,(H,24,25). The number of aryl methyl sites for hydroxylation is 1. The summed E-state index contributed by atoms with van der Waals surface area (Å²) in [6, 6.07) is 7.34. The molecular weight excluding hydrogens is 375 g/mol. The van der Waals surface area contributed by atoms with Gasteiger partial charge in [-0.2, -0.15) is 13.2 Å². The van der Waals surface area contributed by atoms with Gasteiger partial charge >= 0.3 is 12.1 Å². The molecular formula is C16H13ClF3N3O3. The van der Waals surface area contributed by atoms with Crippen LogP contribution in [0, 0.1) is 6.92 Å². The van der Waals surface area contributed by atoms with Crippen molar-refractivity contribution in [1.82, 2.24) is 14.9 Å². The summed E-state index contributed by atoms with van der Waals surface area (Å²) in [5.74, 6) is -3.71. The number of benzene rings is 1. The molecule has 1 aromatic carbocycles. The number of amides is 1. The summed E-state index contributed by atoms with van der Waals surface area (Å²) in [5, 5.41) is 9.46. The third-order valence-corrected chi connectivity index (χ3v) is 3.48. The molecule has 138 valence electrons. The Balaban J connectivity index is 2.35. The van der Waals surface area contributed by atoms with Crippen molar-refractivity contribution >= 4 is 23.5 Å². The van der Waals surface area contributed by atoms with Gasteiger partial charge in [0.05, 0.1) is 0 Å². The van der Waals surface area contributed by atoms with Crippen LogP contribution >= 0.6 is 11.6 Å². The van der Waals surface area contributed by atoms with Crippen molar-refractivity contribution in [3.05, 3.63) is 58.1 Å². The molecule has 1 aromatic heterocycles. The Morgan fingerprint density at radius 1 is 1.19 bits per heavy atom. The van der Waals surface area contributed by atoms with E-state index in [4.69, 9.17) is 16.7 Å². The fourth-order valence-corrected chi connectivity index (χ4v) is 2.27.